The summed E-state index contributed by atoms with van der Waals surface area (Å²) in [5, 5.41) is 2.86. The average molecular weight is 261 g/mol. The number of nitrogens with one attached hydrogen (secondary N) is 1. The summed E-state index contributed by atoms with van der Waals surface area (Å²) in [5.74, 6) is 0.373. The van der Waals surface area contributed by atoms with E-state index in [1.54, 1.807) is 0 Å². The zero-order valence-electron chi connectivity index (χ0n) is 12.4. The Labute approximate surface area is 115 Å². The van der Waals surface area contributed by atoms with Gasteiger partial charge in [0.15, 0.2) is 0 Å². The summed E-state index contributed by atoms with van der Waals surface area (Å²) < 4.78 is 0. The monoisotopic (exact) mass is 261 g/mol. The van der Waals surface area contributed by atoms with Crippen molar-refractivity contribution in [3.8, 4) is 0 Å². The van der Waals surface area contributed by atoms with Crippen molar-refractivity contribution in [2.75, 3.05) is 5.32 Å². The zero-order valence-corrected chi connectivity index (χ0v) is 12.4. The van der Waals surface area contributed by atoms with Crippen molar-refractivity contribution in [1.29, 1.82) is 0 Å². The van der Waals surface area contributed by atoms with Crippen LogP contribution in [0.2, 0.25) is 0 Å². The molecule has 0 saturated heterocycles. The second kappa shape index (κ2) is 6.50. The van der Waals surface area contributed by atoms with Gasteiger partial charge in [-0.05, 0) is 36.0 Å². The van der Waals surface area contributed by atoms with E-state index in [2.05, 4.69) is 45.1 Å². The first kappa shape index (κ1) is 15.4. The van der Waals surface area contributed by atoms with E-state index in [1.165, 1.54) is 12.5 Å². The molecular formula is C16H23NO2. The minimum atomic E-state index is -0.240. The number of ketones is 1. The fourth-order valence-corrected chi connectivity index (χ4v) is 1.97. The van der Waals surface area contributed by atoms with E-state index >= 15 is 0 Å². The van der Waals surface area contributed by atoms with E-state index in [1.807, 2.05) is 6.07 Å². The van der Waals surface area contributed by atoms with Crippen LogP contribution in [0.4, 0.5) is 5.69 Å². The number of benzene rings is 1. The Hall–Kier alpha value is -1.64. The smallest absolute Gasteiger partial charge is 0.231 e. The molecular weight excluding hydrogens is 238 g/mol. The van der Waals surface area contributed by atoms with Gasteiger partial charge in [0.1, 0.15) is 5.78 Å². The molecule has 0 unspecified atom stereocenters. The molecule has 0 heterocycles. The van der Waals surface area contributed by atoms with Crippen molar-refractivity contribution in [3.05, 3.63) is 29.3 Å². The third-order valence-electron chi connectivity index (χ3n) is 3.05. The molecule has 3 heteroatoms. The van der Waals surface area contributed by atoms with E-state index in [4.69, 9.17) is 0 Å². The molecule has 1 amide bonds. The van der Waals surface area contributed by atoms with Gasteiger partial charge in [0.25, 0.3) is 0 Å². The van der Waals surface area contributed by atoms with Crippen molar-refractivity contribution >= 4 is 17.4 Å². The SMILES string of the molecule is CC(=O)CC(=O)Nc1cc(C(C)C)ccc1C(C)C. The number of carbonyl (C=O) groups excluding carboxylic acids is 2. The van der Waals surface area contributed by atoms with E-state index in [0.717, 1.165) is 11.3 Å². The van der Waals surface area contributed by atoms with Gasteiger partial charge in [0.05, 0.1) is 6.42 Å². The highest BCUT2D eigenvalue weighted by molar-refractivity contribution is 6.03. The lowest BCUT2D eigenvalue weighted by atomic mass is 9.95. The van der Waals surface area contributed by atoms with Gasteiger partial charge in [-0.3, -0.25) is 9.59 Å². The van der Waals surface area contributed by atoms with Crippen LogP contribution in [0.1, 0.15) is 64.0 Å². The molecule has 0 radical (unpaired) electrons. The van der Waals surface area contributed by atoms with Gasteiger partial charge in [0.2, 0.25) is 5.91 Å². The fraction of sp³-hybridized carbons (Fsp3) is 0.500. The Morgan fingerprint density at radius 2 is 1.74 bits per heavy atom. The predicted octanol–water partition coefficient (Wildman–Crippen LogP) is 3.85. The van der Waals surface area contributed by atoms with Crippen molar-refractivity contribution in [2.24, 2.45) is 0 Å². The Balaban J connectivity index is 3.04. The first-order valence-corrected chi connectivity index (χ1v) is 6.74. The van der Waals surface area contributed by atoms with Crippen LogP contribution in [-0.4, -0.2) is 11.7 Å². The van der Waals surface area contributed by atoms with Crippen LogP contribution < -0.4 is 5.32 Å². The quantitative estimate of drug-likeness (QED) is 0.818. The molecule has 19 heavy (non-hydrogen) atoms. The van der Waals surface area contributed by atoms with Gasteiger partial charge >= 0.3 is 0 Å². The summed E-state index contributed by atoms with van der Waals surface area (Å²) in [6.45, 7) is 9.83. The van der Waals surface area contributed by atoms with E-state index < -0.39 is 0 Å². The predicted molar refractivity (Wildman–Crippen MR) is 78.5 cm³/mol. The standard InChI is InChI=1S/C16H23NO2/c1-10(2)13-6-7-14(11(3)4)15(9-13)17-16(19)8-12(5)18/h6-7,9-11H,8H2,1-5H3,(H,17,19). The molecule has 0 spiro atoms. The number of Topliss-reactive ketones (excluding diaryl/α,β-unsaturated/α-hetero) is 1. The fourth-order valence-electron chi connectivity index (χ4n) is 1.97. The van der Waals surface area contributed by atoms with Crippen LogP contribution in [0.25, 0.3) is 0 Å². The molecule has 1 rings (SSSR count). The van der Waals surface area contributed by atoms with Crippen LogP contribution >= 0.6 is 0 Å². The maximum Gasteiger partial charge on any atom is 0.231 e. The molecule has 1 N–H and O–H groups in total. The largest absolute Gasteiger partial charge is 0.325 e. The minimum absolute atomic E-state index is 0.0660. The van der Waals surface area contributed by atoms with E-state index in [0.29, 0.717) is 11.8 Å². The summed E-state index contributed by atoms with van der Waals surface area (Å²) in [7, 11) is 0. The van der Waals surface area contributed by atoms with E-state index in [9.17, 15) is 9.59 Å². The normalized spacial score (nSPS) is 10.9. The second-order valence-corrected chi connectivity index (χ2v) is 5.58. The summed E-state index contributed by atoms with van der Waals surface area (Å²) in [5.41, 5.74) is 3.11. The van der Waals surface area contributed by atoms with Gasteiger partial charge in [-0.15, -0.1) is 0 Å². The van der Waals surface area contributed by atoms with E-state index in [-0.39, 0.29) is 18.1 Å². The van der Waals surface area contributed by atoms with Gasteiger partial charge in [0, 0.05) is 5.69 Å². The molecule has 0 aliphatic carbocycles. The molecule has 1 aromatic rings. The van der Waals surface area contributed by atoms with Crippen LogP contribution in [0.3, 0.4) is 0 Å². The number of anilines is 1. The Morgan fingerprint density at radius 1 is 1.11 bits per heavy atom. The summed E-state index contributed by atoms with van der Waals surface area (Å²) in [6.07, 6.45) is -0.0660. The van der Waals surface area contributed by atoms with Crippen LogP contribution in [0.15, 0.2) is 18.2 Å². The number of rotatable bonds is 5. The first-order valence-electron chi connectivity index (χ1n) is 6.74. The van der Waals surface area contributed by atoms with Crippen molar-refractivity contribution in [1.82, 2.24) is 0 Å². The van der Waals surface area contributed by atoms with Gasteiger partial charge in [-0.2, -0.15) is 0 Å². The zero-order chi connectivity index (χ0) is 14.6. The lowest BCUT2D eigenvalue weighted by Crippen LogP contribution is -2.16. The highest BCUT2D eigenvalue weighted by Crippen LogP contribution is 2.28. The number of amides is 1. The van der Waals surface area contributed by atoms with Gasteiger partial charge in [-0.25, -0.2) is 0 Å². The van der Waals surface area contributed by atoms with Crippen LogP contribution in [-0.2, 0) is 9.59 Å². The number of carbonyl (C=O) groups is 2. The van der Waals surface area contributed by atoms with Crippen molar-refractivity contribution in [3.63, 3.8) is 0 Å². The third-order valence-corrected chi connectivity index (χ3v) is 3.05. The molecule has 0 bridgehead atoms. The highest BCUT2D eigenvalue weighted by Gasteiger charge is 2.12. The molecule has 104 valence electrons. The van der Waals surface area contributed by atoms with Crippen molar-refractivity contribution < 1.29 is 9.59 Å². The maximum atomic E-state index is 11.7. The molecule has 0 aliphatic rings. The van der Waals surface area contributed by atoms with Gasteiger partial charge < -0.3 is 5.32 Å². The number of hydrogen-bond donors (Lipinski definition) is 1. The maximum absolute atomic E-state index is 11.7. The molecule has 0 aliphatic heterocycles. The Bertz CT molecular complexity index is 476. The Morgan fingerprint density at radius 3 is 2.21 bits per heavy atom. The van der Waals surface area contributed by atoms with Crippen molar-refractivity contribution in [2.45, 2.75) is 52.9 Å². The lowest BCUT2D eigenvalue weighted by Gasteiger charge is -2.16. The second-order valence-electron chi connectivity index (χ2n) is 5.58. The topological polar surface area (TPSA) is 46.2 Å². The highest BCUT2D eigenvalue weighted by atomic mass is 16.2. The van der Waals surface area contributed by atoms with Crippen LogP contribution in [0.5, 0.6) is 0 Å². The molecule has 0 aromatic heterocycles. The summed E-state index contributed by atoms with van der Waals surface area (Å²) in [4.78, 5) is 22.7. The van der Waals surface area contributed by atoms with Gasteiger partial charge in [-0.1, -0.05) is 39.8 Å². The summed E-state index contributed by atoms with van der Waals surface area (Å²) >= 11 is 0. The Kier molecular flexibility index (Phi) is 5.28. The van der Waals surface area contributed by atoms with Crippen LogP contribution in [0, 0.1) is 0 Å². The molecule has 3 nitrogen and oxygen atoms in total. The first-order chi connectivity index (χ1) is 8.81. The number of hydrogen-bond acceptors (Lipinski definition) is 2. The third kappa shape index (κ3) is 4.51. The molecule has 0 fully saturated rings. The summed E-state index contributed by atoms with van der Waals surface area (Å²) in [6, 6.07) is 6.17. The average Bonchev–Trinajstić information content (AvgIpc) is 2.26. The minimum Gasteiger partial charge on any atom is -0.325 e. The molecule has 0 saturated carbocycles. The molecule has 1 aromatic carbocycles. The lowest BCUT2D eigenvalue weighted by molar-refractivity contribution is -0.124. The molecule has 0 atom stereocenters.